The van der Waals surface area contributed by atoms with Crippen molar-refractivity contribution in [3.05, 3.63) is 84.2 Å². The topological polar surface area (TPSA) is 30.7 Å². The number of benzene rings is 4. The van der Waals surface area contributed by atoms with Gasteiger partial charge in [-0.05, 0) is 50.1 Å². The minimum atomic E-state index is 0.108. The Morgan fingerprint density at radius 2 is 1.51 bits per heavy atom. The SMILES string of the molecule is CC(C)c1cc2ccccc2c2c3ncnc(-c4cccc5cc(C(C)(C)C)ccc45)c3n(C)c12. The highest BCUT2D eigenvalue weighted by Gasteiger charge is 2.22. The molecule has 2 heterocycles. The van der Waals surface area contributed by atoms with Crippen LogP contribution in [-0.4, -0.2) is 14.5 Å². The fourth-order valence-electron chi connectivity index (χ4n) is 5.54. The van der Waals surface area contributed by atoms with Crippen molar-refractivity contribution in [2.75, 3.05) is 0 Å². The number of fused-ring (bicyclic) bond motifs is 6. The molecule has 0 saturated carbocycles. The first-order chi connectivity index (χ1) is 16.8. The van der Waals surface area contributed by atoms with Crippen molar-refractivity contribution >= 4 is 43.5 Å². The lowest BCUT2D eigenvalue weighted by Gasteiger charge is -2.20. The molecule has 0 radical (unpaired) electrons. The van der Waals surface area contributed by atoms with E-state index in [0.717, 1.165) is 22.3 Å². The van der Waals surface area contributed by atoms with Crippen molar-refractivity contribution in [3.8, 4) is 11.3 Å². The van der Waals surface area contributed by atoms with Crippen LogP contribution in [0.3, 0.4) is 0 Å². The maximum absolute atomic E-state index is 4.88. The second kappa shape index (κ2) is 7.64. The van der Waals surface area contributed by atoms with Crippen molar-refractivity contribution in [1.82, 2.24) is 14.5 Å². The second-order valence-corrected chi connectivity index (χ2v) is 11.0. The van der Waals surface area contributed by atoms with Gasteiger partial charge in [0.2, 0.25) is 0 Å². The van der Waals surface area contributed by atoms with Gasteiger partial charge in [-0.25, -0.2) is 9.97 Å². The largest absolute Gasteiger partial charge is 0.340 e. The van der Waals surface area contributed by atoms with Crippen LogP contribution >= 0.6 is 0 Å². The summed E-state index contributed by atoms with van der Waals surface area (Å²) in [5.74, 6) is 0.398. The molecular formula is C32H31N3. The van der Waals surface area contributed by atoms with Crippen LogP contribution in [-0.2, 0) is 12.5 Å². The Labute approximate surface area is 206 Å². The molecule has 0 aliphatic rings. The van der Waals surface area contributed by atoms with Crippen LogP contribution in [0.15, 0.2) is 73.1 Å². The first kappa shape index (κ1) is 21.8. The van der Waals surface area contributed by atoms with Gasteiger partial charge in [0, 0.05) is 18.0 Å². The van der Waals surface area contributed by atoms with Gasteiger partial charge in [0.25, 0.3) is 0 Å². The molecule has 174 valence electrons. The van der Waals surface area contributed by atoms with Gasteiger partial charge < -0.3 is 4.57 Å². The van der Waals surface area contributed by atoms with Gasteiger partial charge in [0.05, 0.1) is 16.7 Å². The third-order valence-corrected chi connectivity index (χ3v) is 7.40. The minimum absolute atomic E-state index is 0.108. The van der Waals surface area contributed by atoms with Crippen molar-refractivity contribution in [2.45, 2.75) is 46.0 Å². The fourth-order valence-corrected chi connectivity index (χ4v) is 5.54. The highest BCUT2D eigenvalue weighted by atomic mass is 15.0. The summed E-state index contributed by atoms with van der Waals surface area (Å²) < 4.78 is 2.32. The molecule has 4 aromatic carbocycles. The summed E-state index contributed by atoms with van der Waals surface area (Å²) in [6.07, 6.45) is 1.73. The van der Waals surface area contributed by atoms with E-state index in [2.05, 4.69) is 113 Å². The molecule has 3 nitrogen and oxygen atoms in total. The van der Waals surface area contributed by atoms with Gasteiger partial charge in [-0.2, -0.15) is 0 Å². The lowest BCUT2D eigenvalue weighted by Crippen LogP contribution is -2.10. The van der Waals surface area contributed by atoms with Gasteiger partial charge in [0.15, 0.2) is 0 Å². The Morgan fingerprint density at radius 3 is 2.29 bits per heavy atom. The summed E-state index contributed by atoms with van der Waals surface area (Å²) in [5.41, 5.74) is 8.30. The van der Waals surface area contributed by atoms with Gasteiger partial charge in [-0.3, -0.25) is 0 Å². The third kappa shape index (κ3) is 3.25. The number of aryl methyl sites for hydroxylation is 1. The number of hydrogen-bond acceptors (Lipinski definition) is 2. The van der Waals surface area contributed by atoms with Crippen LogP contribution in [0, 0.1) is 0 Å². The van der Waals surface area contributed by atoms with Gasteiger partial charge in [0.1, 0.15) is 11.8 Å². The first-order valence-electron chi connectivity index (χ1n) is 12.4. The number of hydrogen-bond donors (Lipinski definition) is 0. The molecule has 2 aromatic heterocycles. The van der Waals surface area contributed by atoms with Crippen molar-refractivity contribution < 1.29 is 0 Å². The van der Waals surface area contributed by atoms with Gasteiger partial charge in [-0.1, -0.05) is 95.3 Å². The average molecular weight is 458 g/mol. The Kier molecular flexibility index (Phi) is 4.76. The van der Waals surface area contributed by atoms with E-state index in [4.69, 9.17) is 9.97 Å². The predicted octanol–water partition coefficient (Wildman–Crippen LogP) is 8.52. The summed E-state index contributed by atoms with van der Waals surface area (Å²) in [5, 5.41) is 6.20. The Balaban J connectivity index is 1.74. The van der Waals surface area contributed by atoms with Crippen molar-refractivity contribution in [3.63, 3.8) is 0 Å². The highest BCUT2D eigenvalue weighted by Crippen LogP contribution is 2.41. The maximum atomic E-state index is 4.88. The fraction of sp³-hybridized carbons (Fsp3) is 0.250. The van der Waals surface area contributed by atoms with Crippen LogP contribution in [0.2, 0.25) is 0 Å². The van der Waals surface area contributed by atoms with Crippen LogP contribution in [0.1, 0.15) is 51.7 Å². The molecule has 3 heteroatoms. The van der Waals surface area contributed by atoms with E-state index in [9.17, 15) is 0 Å². The van der Waals surface area contributed by atoms with Crippen LogP contribution in [0.25, 0.3) is 54.7 Å². The molecule has 0 bridgehead atoms. The molecule has 0 aliphatic heterocycles. The molecule has 0 amide bonds. The summed E-state index contributed by atoms with van der Waals surface area (Å²) in [7, 11) is 2.17. The lowest BCUT2D eigenvalue weighted by atomic mass is 9.85. The second-order valence-electron chi connectivity index (χ2n) is 11.0. The summed E-state index contributed by atoms with van der Waals surface area (Å²) in [6, 6.07) is 24.4. The zero-order valence-electron chi connectivity index (χ0n) is 21.3. The zero-order valence-corrected chi connectivity index (χ0v) is 21.3. The lowest BCUT2D eigenvalue weighted by molar-refractivity contribution is 0.591. The van der Waals surface area contributed by atoms with Crippen LogP contribution in [0.5, 0.6) is 0 Å². The molecule has 6 rings (SSSR count). The van der Waals surface area contributed by atoms with Crippen LogP contribution < -0.4 is 0 Å². The zero-order chi connectivity index (χ0) is 24.5. The summed E-state index contributed by atoms with van der Waals surface area (Å²) in [4.78, 5) is 9.74. The van der Waals surface area contributed by atoms with Gasteiger partial charge in [-0.15, -0.1) is 0 Å². The quantitative estimate of drug-likeness (QED) is 0.261. The summed E-state index contributed by atoms with van der Waals surface area (Å²) in [6.45, 7) is 11.3. The van der Waals surface area contributed by atoms with Crippen LogP contribution in [0.4, 0.5) is 0 Å². The molecule has 0 N–H and O–H groups in total. The van der Waals surface area contributed by atoms with E-state index < -0.39 is 0 Å². The van der Waals surface area contributed by atoms with Crippen molar-refractivity contribution in [1.29, 1.82) is 0 Å². The molecule has 0 fully saturated rings. The monoisotopic (exact) mass is 457 g/mol. The third-order valence-electron chi connectivity index (χ3n) is 7.40. The van der Waals surface area contributed by atoms with Gasteiger partial charge >= 0.3 is 0 Å². The average Bonchev–Trinajstić information content (AvgIpc) is 3.15. The smallest absolute Gasteiger partial charge is 0.116 e. The predicted molar refractivity (Wildman–Crippen MR) is 149 cm³/mol. The number of nitrogens with zero attached hydrogens (tertiary/aromatic N) is 3. The van der Waals surface area contributed by atoms with E-state index in [0.29, 0.717) is 5.92 Å². The number of rotatable bonds is 2. The standard InChI is InChI=1S/C32H31N3/c1-19(2)26-17-21-10-7-8-12-24(21)27-29-31(35(6)30(26)27)28(33-18-34-29)25-13-9-11-20-16-22(32(3,4)5)14-15-23(20)25/h7-19H,1-6H3. The molecule has 6 aromatic rings. The molecule has 0 saturated heterocycles. The molecular weight excluding hydrogens is 426 g/mol. The minimum Gasteiger partial charge on any atom is -0.340 e. The van der Waals surface area contributed by atoms with Crippen molar-refractivity contribution in [2.24, 2.45) is 7.05 Å². The van der Waals surface area contributed by atoms with E-state index in [1.807, 2.05) is 0 Å². The molecule has 0 aliphatic carbocycles. The Morgan fingerprint density at radius 1 is 0.771 bits per heavy atom. The highest BCUT2D eigenvalue weighted by molar-refractivity contribution is 6.22. The molecule has 0 unspecified atom stereocenters. The number of aromatic nitrogens is 3. The first-order valence-corrected chi connectivity index (χ1v) is 12.4. The van der Waals surface area contributed by atoms with E-state index in [-0.39, 0.29) is 5.41 Å². The van der Waals surface area contributed by atoms with E-state index in [1.165, 1.54) is 43.6 Å². The van der Waals surface area contributed by atoms with E-state index >= 15 is 0 Å². The Hall–Kier alpha value is -3.72. The normalized spacial score (nSPS) is 12.5. The molecule has 35 heavy (non-hydrogen) atoms. The molecule has 0 atom stereocenters. The summed E-state index contributed by atoms with van der Waals surface area (Å²) >= 11 is 0. The maximum Gasteiger partial charge on any atom is 0.116 e. The Bertz CT molecular complexity index is 1760. The molecule has 0 spiro atoms. The van der Waals surface area contributed by atoms with E-state index in [1.54, 1.807) is 6.33 Å².